The Balaban J connectivity index is 1.79. The molecule has 14 heteroatoms. The van der Waals surface area contributed by atoms with Crippen molar-refractivity contribution in [2.24, 2.45) is 22.9 Å². The lowest BCUT2D eigenvalue weighted by molar-refractivity contribution is -0.225. The van der Waals surface area contributed by atoms with E-state index in [1.54, 1.807) is 53.7 Å². The quantitative estimate of drug-likeness (QED) is 0.113. The predicted octanol–water partition coefficient (Wildman–Crippen LogP) is 5.99. The summed E-state index contributed by atoms with van der Waals surface area (Å²) in [4.78, 5) is 33.7. The van der Waals surface area contributed by atoms with Crippen molar-refractivity contribution in [1.29, 1.82) is 0 Å². The molecule has 298 valence electrons. The van der Waals surface area contributed by atoms with Crippen LogP contribution in [-0.4, -0.2) is 88.9 Å². The molecule has 4 N–H and O–H groups in total. The average Bonchev–Trinajstić information content (AvgIpc) is 3.49. The van der Waals surface area contributed by atoms with E-state index in [0.717, 1.165) is 12.8 Å². The van der Waals surface area contributed by atoms with E-state index in [4.69, 9.17) is 24.2 Å². The number of aromatic hydroxyl groups is 1. The largest absolute Gasteiger partial charge is 0.508 e. The molecule has 0 radical (unpaired) electrons. The number of esters is 2. The Hall–Kier alpha value is -4.01. The van der Waals surface area contributed by atoms with E-state index in [1.165, 1.54) is 10.7 Å². The number of nitrogens with zero attached hydrogens (tertiary/aromatic N) is 4. The van der Waals surface area contributed by atoms with Crippen LogP contribution in [0.5, 0.6) is 11.5 Å². The fraction of sp³-hybridized carbons (Fsp3) is 0.675. The standard InChI is InChI=1S/C40H58N4O10/c1-37(2,3)52-35(48)33-34(36(49)53-38(4,5)6)44(43-41-33)30-22-28(42-54-39(7,8)9)26-20-23(14-10-12-18-45)25(15-11-13-19-46)31-27-21-24(47)16-17-29(27)51-40(30,50)32(26)31/h16-17,20-21,23,25,30-32,45-47,50H,10-15,18-19,22H2,1-9H3/t23-,25+,30-,31+,32+,40+/m0/s1. The van der Waals surface area contributed by atoms with Crippen LogP contribution >= 0.6 is 0 Å². The van der Waals surface area contributed by atoms with Crippen molar-refractivity contribution in [2.75, 3.05) is 13.2 Å². The summed E-state index contributed by atoms with van der Waals surface area (Å²) in [6.45, 7) is 15.9. The Labute approximate surface area is 317 Å². The number of carbonyl (C=O) groups is 2. The highest BCUT2D eigenvalue weighted by Crippen LogP contribution is 2.62. The Morgan fingerprint density at radius 1 is 0.926 bits per heavy atom. The second-order valence-corrected chi connectivity index (χ2v) is 17.7. The highest BCUT2D eigenvalue weighted by atomic mass is 16.6. The maximum Gasteiger partial charge on any atom is 0.362 e. The molecule has 0 amide bonds. The van der Waals surface area contributed by atoms with Gasteiger partial charge in [0, 0.05) is 31.1 Å². The van der Waals surface area contributed by atoms with Gasteiger partial charge in [0.25, 0.3) is 0 Å². The minimum absolute atomic E-state index is 0.0251. The number of fused-ring (bicyclic) bond motifs is 2. The van der Waals surface area contributed by atoms with Crippen LogP contribution in [0.3, 0.4) is 0 Å². The van der Waals surface area contributed by atoms with Gasteiger partial charge in [0.1, 0.15) is 34.3 Å². The number of phenolic OH excluding ortho intramolecular Hbond substituents is 1. The third-order valence-corrected chi connectivity index (χ3v) is 9.86. The molecule has 0 unspecified atom stereocenters. The number of unbranched alkanes of at least 4 members (excludes halogenated alkanes) is 2. The lowest BCUT2D eigenvalue weighted by atomic mass is 9.55. The number of rotatable bonds is 12. The summed E-state index contributed by atoms with van der Waals surface area (Å²) in [6.07, 6.45) is 6.19. The fourth-order valence-electron chi connectivity index (χ4n) is 7.89. The van der Waals surface area contributed by atoms with Crippen LogP contribution in [0.4, 0.5) is 0 Å². The summed E-state index contributed by atoms with van der Waals surface area (Å²) in [5.74, 6) is -4.87. The second-order valence-electron chi connectivity index (χ2n) is 17.7. The molecule has 0 bridgehead atoms. The van der Waals surface area contributed by atoms with Crippen molar-refractivity contribution in [2.45, 2.75) is 142 Å². The number of allylic oxidation sites excluding steroid dienone is 1. The van der Waals surface area contributed by atoms with Gasteiger partial charge >= 0.3 is 11.9 Å². The molecule has 0 spiro atoms. The molecule has 1 fully saturated rings. The highest BCUT2D eigenvalue weighted by Gasteiger charge is 2.64. The fourth-order valence-corrected chi connectivity index (χ4v) is 7.89. The number of carbonyl (C=O) groups excluding carboxylic acids is 2. The zero-order chi connectivity index (χ0) is 39.8. The van der Waals surface area contributed by atoms with Gasteiger partial charge in [-0.3, -0.25) is 0 Å². The molecular weight excluding hydrogens is 696 g/mol. The van der Waals surface area contributed by atoms with Crippen molar-refractivity contribution in [1.82, 2.24) is 15.0 Å². The summed E-state index contributed by atoms with van der Waals surface area (Å²) in [7, 11) is 0. The van der Waals surface area contributed by atoms with Crippen LogP contribution in [0, 0.1) is 17.8 Å². The van der Waals surface area contributed by atoms with Gasteiger partial charge in [-0.2, -0.15) is 0 Å². The van der Waals surface area contributed by atoms with Crippen molar-refractivity contribution < 1.29 is 49.1 Å². The predicted molar refractivity (Wildman–Crippen MR) is 199 cm³/mol. The first-order valence-corrected chi connectivity index (χ1v) is 19.0. The molecule has 0 saturated heterocycles. The van der Waals surface area contributed by atoms with E-state index in [9.17, 15) is 30.0 Å². The minimum atomic E-state index is -2.10. The van der Waals surface area contributed by atoms with Gasteiger partial charge in [-0.25, -0.2) is 14.3 Å². The SMILES string of the molecule is CC(C)(C)ON=C1C[C@H](n2nnc(C(=O)OC(C)(C)C)c2C(=O)OC(C)(C)C)[C@@]2(O)Oc3ccc(O)cc3[C@H]3[C@H](CCCCO)[C@@H](CCCCO)C=C1[C@H]32. The maximum atomic E-state index is 14.1. The first-order valence-electron chi connectivity index (χ1n) is 19.0. The van der Waals surface area contributed by atoms with Crippen LogP contribution in [-0.2, 0) is 14.3 Å². The van der Waals surface area contributed by atoms with Crippen LogP contribution in [0.15, 0.2) is 35.0 Å². The zero-order valence-electron chi connectivity index (χ0n) is 33.1. The normalized spacial score (nSPS) is 26.0. The first kappa shape index (κ1) is 41.2. The van der Waals surface area contributed by atoms with Crippen LogP contribution in [0.25, 0.3) is 0 Å². The topological polar surface area (TPSA) is 195 Å². The molecule has 1 saturated carbocycles. The number of aromatic nitrogens is 3. The number of aliphatic hydroxyl groups is 3. The molecule has 3 aliphatic rings. The van der Waals surface area contributed by atoms with Crippen molar-refractivity contribution in [3.05, 3.63) is 46.8 Å². The van der Waals surface area contributed by atoms with Gasteiger partial charge in [0.05, 0.1) is 11.6 Å². The summed E-state index contributed by atoms with van der Waals surface area (Å²) in [5.41, 5.74) is -1.35. The maximum absolute atomic E-state index is 14.1. The molecule has 1 aromatic carbocycles. The lowest BCUT2D eigenvalue weighted by Crippen LogP contribution is -2.62. The molecule has 1 aliphatic heterocycles. The number of aliphatic hydroxyl groups excluding tert-OH is 2. The minimum Gasteiger partial charge on any atom is -0.508 e. The van der Waals surface area contributed by atoms with Crippen LogP contribution in [0.1, 0.15) is 146 Å². The van der Waals surface area contributed by atoms with Crippen LogP contribution in [0.2, 0.25) is 0 Å². The third kappa shape index (κ3) is 8.92. The highest BCUT2D eigenvalue weighted by molar-refractivity contribution is 6.03. The summed E-state index contributed by atoms with van der Waals surface area (Å²) in [6, 6.07) is 3.59. The van der Waals surface area contributed by atoms with E-state index < -0.39 is 52.4 Å². The van der Waals surface area contributed by atoms with Gasteiger partial charge in [-0.1, -0.05) is 29.3 Å². The number of phenols is 1. The molecule has 5 rings (SSSR count). The molecule has 2 aromatic rings. The summed E-state index contributed by atoms with van der Waals surface area (Å²) >= 11 is 0. The molecule has 6 atom stereocenters. The number of ether oxygens (including phenoxy) is 3. The third-order valence-electron chi connectivity index (χ3n) is 9.86. The molecule has 2 aliphatic carbocycles. The van der Waals surface area contributed by atoms with Crippen molar-refractivity contribution in [3.63, 3.8) is 0 Å². The first-order chi connectivity index (χ1) is 25.2. The lowest BCUT2D eigenvalue weighted by Gasteiger charge is -2.56. The van der Waals surface area contributed by atoms with Gasteiger partial charge in [-0.05, 0) is 124 Å². The van der Waals surface area contributed by atoms with Gasteiger partial charge < -0.3 is 39.5 Å². The molecule has 2 heterocycles. The monoisotopic (exact) mass is 754 g/mol. The van der Waals surface area contributed by atoms with Crippen LogP contribution < -0.4 is 4.74 Å². The summed E-state index contributed by atoms with van der Waals surface area (Å²) in [5, 5.41) is 56.7. The Morgan fingerprint density at radius 2 is 1.56 bits per heavy atom. The van der Waals surface area contributed by atoms with E-state index >= 15 is 0 Å². The Kier molecular flexibility index (Phi) is 11.9. The number of benzene rings is 1. The second kappa shape index (κ2) is 15.6. The van der Waals surface area contributed by atoms with Gasteiger partial charge in [0.2, 0.25) is 11.5 Å². The van der Waals surface area contributed by atoms with Gasteiger partial charge in [-0.15, -0.1) is 5.10 Å². The molecular formula is C40H58N4O10. The van der Waals surface area contributed by atoms with E-state index in [-0.39, 0.29) is 48.6 Å². The van der Waals surface area contributed by atoms with Crippen molar-refractivity contribution in [3.8, 4) is 11.5 Å². The number of hydrogen-bond acceptors (Lipinski definition) is 13. The average molecular weight is 755 g/mol. The molecule has 14 nitrogen and oxygen atoms in total. The Morgan fingerprint density at radius 3 is 2.17 bits per heavy atom. The van der Waals surface area contributed by atoms with E-state index in [2.05, 4.69) is 16.4 Å². The number of hydrogen-bond donors (Lipinski definition) is 4. The van der Waals surface area contributed by atoms with E-state index in [1.807, 2.05) is 20.8 Å². The zero-order valence-corrected chi connectivity index (χ0v) is 33.1. The Bertz CT molecular complexity index is 1750. The smallest absolute Gasteiger partial charge is 0.362 e. The van der Waals surface area contributed by atoms with Gasteiger partial charge in [0.15, 0.2) is 5.69 Å². The molecule has 1 aromatic heterocycles. The summed E-state index contributed by atoms with van der Waals surface area (Å²) < 4.78 is 19.3. The van der Waals surface area contributed by atoms with Crippen molar-refractivity contribution >= 4 is 17.7 Å². The van der Waals surface area contributed by atoms with E-state index in [0.29, 0.717) is 48.3 Å². The number of oxime groups is 1. The molecule has 54 heavy (non-hydrogen) atoms.